The number of hydrogen-bond donors (Lipinski definition) is 1. The molecule has 3 unspecified atom stereocenters. The zero-order valence-corrected chi connectivity index (χ0v) is 10.9. The Morgan fingerprint density at radius 2 is 2.06 bits per heavy atom. The molecule has 98 valence electrons. The first-order chi connectivity index (χ1) is 8.20. The third-order valence-corrected chi connectivity index (χ3v) is 4.72. The molecule has 2 fully saturated rings. The van der Waals surface area contributed by atoms with E-state index in [1.165, 1.54) is 38.5 Å². The third kappa shape index (κ3) is 3.21. The highest BCUT2D eigenvalue weighted by atomic mass is 16.4. The second-order valence-corrected chi connectivity index (χ2v) is 5.76. The third-order valence-electron chi connectivity index (χ3n) is 4.72. The van der Waals surface area contributed by atoms with Crippen LogP contribution >= 0.6 is 0 Å². The van der Waals surface area contributed by atoms with Crippen molar-refractivity contribution in [2.45, 2.75) is 57.9 Å². The number of nitrogens with zero attached hydrogens (tertiary/aromatic N) is 1. The molecule has 0 amide bonds. The average molecular weight is 239 g/mol. The number of hydrogen-bond acceptors (Lipinski definition) is 2. The van der Waals surface area contributed by atoms with Gasteiger partial charge in [-0.3, -0.25) is 9.69 Å². The molecule has 1 saturated heterocycles. The molecule has 17 heavy (non-hydrogen) atoms. The number of carboxylic acids is 1. The van der Waals surface area contributed by atoms with Gasteiger partial charge < -0.3 is 5.11 Å². The van der Waals surface area contributed by atoms with E-state index in [2.05, 4.69) is 11.8 Å². The highest BCUT2D eigenvalue weighted by Crippen LogP contribution is 2.30. The first-order valence-corrected chi connectivity index (χ1v) is 7.17. The molecule has 3 nitrogen and oxygen atoms in total. The van der Waals surface area contributed by atoms with Crippen molar-refractivity contribution in [2.75, 3.05) is 13.1 Å². The summed E-state index contributed by atoms with van der Waals surface area (Å²) in [6, 6.07) is 0.663. The summed E-state index contributed by atoms with van der Waals surface area (Å²) >= 11 is 0. The maximum atomic E-state index is 11.0. The minimum Gasteiger partial charge on any atom is -0.481 e. The Labute approximate surface area is 104 Å². The van der Waals surface area contributed by atoms with Gasteiger partial charge in [0.05, 0.1) is 5.92 Å². The number of rotatable bonds is 3. The van der Waals surface area contributed by atoms with Gasteiger partial charge in [0.15, 0.2) is 0 Å². The number of aliphatic carboxylic acids is 1. The fourth-order valence-electron chi connectivity index (χ4n) is 3.45. The van der Waals surface area contributed by atoms with Gasteiger partial charge in [-0.15, -0.1) is 0 Å². The molecular weight excluding hydrogens is 214 g/mol. The molecule has 2 aliphatic rings. The standard InChI is InChI=1S/C14H25NO2/c1-2-11-4-3-5-13(7-6-11)15-9-8-12(10-15)14(16)17/h11-13H,2-10H2,1H3,(H,16,17). The Morgan fingerprint density at radius 3 is 2.71 bits per heavy atom. The lowest BCUT2D eigenvalue weighted by molar-refractivity contribution is -0.141. The normalized spacial score (nSPS) is 35.7. The van der Waals surface area contributed by atoms with Crippen molar-refractivity contribution in [2.24, 2.45) is 11.8 Å². The van der Waals surface area contributed by atoms with Crippen LogP contribution in [-0.4, -0.2) is 35.1 Å². The zero-order chi connectivity index (χ0) is 12.3. The van der Waals surface area contributed by atoms with Crippen LogP contribution in [0.25, 0.3) is 0 Å². The summed E-state index contributed by atoms with van der Waals surface area (Å²) in [6.45, 7) is 4.08. The molecule has 3 atom stereocenters. The van der Waals surface area contributed by atoms with Crippen LogP contribution in [0.5, 0.6) is 0 Å². The van der Waals surface area contributed by atoms with Gasteiger partial charge in [-0.05, 0) is 38.1 Å². The molecule has 0 aromatic heterocycles. The van der Waals surface area contributed by atoms with Crippen molar-refractivity contribution in [3.63, 3.8) is 0 Å². The molecular formula is C14H25NO2. The topological polar surface area (TPSA) is 40.5 Å². The van der Waals surface area contributed by atoms with Crippen molar-refractivity contribution >= 4 is 5.97 Å². The Bertz CT molecular complexity index is 267. The van der Waals surface area contributed by atoms with Crippen molar-refractivity contribution in [1.29, 1.82) is 0 Å². The van der Waals surface area contributed by atoms with Crippen molar-refractivity contribution < 1.29 is 9.90 Å². The lowest BCUT2D eigenvalue weighted by atomic mass is 9.97. The molecule has 0 radical (unpaired) electrons. The molecule has 1 saturated carbocycles. The van der Waals surface area contributed by atoms with Crippen LogP contribution in [0.1, 0.15) is 51.9 Å². The van der Waals surface area contributed by atoms with Gasteiger partial charge in [0.25, 0.3) is 0 Å². The molecule has 0 aromatic carbocycles. The van der Waals surface area contributed by atoms with Crippen molar-refractivity contribution in [3.8, 4) is 0 Å². The Balaban J connectivity index is 1.84. The first-order valence-electron chi connectivity index (χ1n) is 7.17. The predicted octanol–water partition coefficient (Wildman–Crippen LogP) is 2.75. The van der Waals surface area contributed by atoms with E-state index in [4.69, 9.17) is 5.11 Å². The Morgan fingerprint density at radius 1 is 1.24 bits per heavy atom. The SMILES string of the molecule is CCC1CCCC(N2CCC(C(=O)O)C2)CC1. The van der Waals surface area contributed by atoms with E-state index in [0.717, 1.165) is 25.4 Å². The highest BCUT2D eigenvalue weighted by Gasteiger charge is 2.32. The summed E-state index contributed by atoms with van der Waals surface area (Å²) in [5, 5.41) is 9.04. The van der Waals surface area contributed by atoms with Crippen LogP contribution in [0.4, 0.5) is 0 Å². The smallest absolute Gasteiger partial charge is 0.307 e. The van der Waals surface area contributed by atoms with Crippen LogP contribution in [0.15, 0.2) is 0 Å². The molecule has 0 bridgehead atoms. The number of carbonyl (C=O) groups is 1. The van der Waals surface area contributed by atoms with Crippen LogP contribution < -0.4 is 0 Å². The van der Waals surface area contributed by atoms with Gasteiger partial charge in [-0.25, -0.2) is 0 Å². The summed E-state index contributed by atoms with van der Waals surface area (Å²) in [5.41, 5.74) is 0. The minimum absolute atomic E-state index is 0.111. The lowest BCUT2D eigenvalue weighted by Crippen LogP contribution is -2.33. The summed E-state index contributed by atoms with van der Waals surface area (Å²) in [4.78, 5) is 13.4. The van der Waals surface area contributed by atoms with Crippen LogP contribution in [0, 0.1) is 11.8 Å². The maximum Gasteiger partial charge on any atom is 0.307 e. The summed E-state index contributed by atoms with van der Waals surface area (Å²) in [5.74, 6) is 0.200. The van der Waals surface area contributed by atoms with E-state index in [0.29, 0.717) is 6.04 Å². The first kappa shape index (κ1) is 12.9. The van der Waals surface area contributed by atoms with Crippen LogP contribution in [-0.2, 0) is 4.79 Å². The second kappa shape index (κ2) is 5.85. The molecule has 3 heteroatoms. The fraction of sp³-hybridized carbons (Fsp3) is 0.929. The Kier molecular flexibility index (Phi) is 4.43. The van der Waals surface area contributed by atoms with Crippen LogP contribution in [0.2, 0.25) is 0 Å². The quantitative estimate of drug-likeness (QED) is 0.770. The van der Waals surface area contributed by atoms with Gasteiger partial charge >= 0.3 is 5.97 Å². The Hall–Kier alpha value is -0.570. The second-order valence-electron chi connectivity index (χ2n) is 5.76. The van der Waals surface area contributed by atoms with E-state index in [1.807, 2.05) is 0 Å². The lowest BCUT2D eigenvalue weighted by Gasteiger charge is -2.26. The molecule has 1 aliphatic carbocycles. The zero-order valence-electron chi connectivity index (χ0n) is 10.9. The summed E-state index contributed by atoms with van der Waals surface area (Å²) in [7, 11) is 0. The van der Waals surface area contributed by atoms with E-state index >= 15 is 0 Å². The van der Waals surface area contributed by atoms with E-state index in [-0.39, 0.29) is 5.92 Å². The average Bonchev–Trinajstić information content (AvgIpc) is 2.68. The van der Waals surface area contributed by atoms with Crippen LogP contribution in [0.3, 0.4) is 0 Å². The molecule has 0 aromatic rings. The van der Waals surface area contributed by atoms with Gasteiger partial charge in [0.1, 0.15) is 0 Å². The van der Waals surface area contributed by atoms with Gasteiger partial charge in [-0.2, -0.15) is 0 Å². The maximum absolute atomic E-state index is 11.0. The van der Waals surface area contributed by atoms with Gasteiger partial charge in [0.2, 0.25) is 0 Å². The molecule has 1 heterocycles. The van der Waals surface area contributed by atoms with Gasteiger partial charge in [-0.1, -0.05) is 26.2 Å². The highest BCUT2D eigenvalue weighted by molar-refractivity contribution is 5.70. The molecule has 1 aliphatic heterocycles. The van der Waals surface area contributed by atoms with E-state index in [9.17, 15) is 4.79 Å². The largest absolute Gasteiger partial charge is 0.481 e. The number of likely N-dealkylation sites (tertiary alicyclic amines) is 1. The predicted molar refractivity (Wildman–Crippen MR) is 68.0 cm³/mol. The molecule has 1 N–H and O–H groups in total. The summed E-state index contributed by atoms with van der Waals surface area (Å²) in [6.07, 6.45) is 8.78. The number of carboxylic acid groups (broad SMARTS) is 1. The van der Waals surface area contributed by atoms with E-state index < -0.39 is 5.97 Å². The summed E-state index contributed by atoms with van der Waals surface area (Å²) < 4.78 is 0. The van der Waals surface area contributed by atoms with Crippen molar-refractivity contribution in [3.05, 3.63) is 0 Å². The molecule has 0 spiro atoms. The molecule has 2 rings (SSSR count). The minimum atomic E-state index is -0.604. The van der Waals surface area contributed by atoms with Crippen molar-refractivity contribution in [1.82, 2.24) is 4.90 Å². The fourth-order valence-corrected chi connectivity index (χ4v) is 3.45. The monoisotopic (exact) mass is 239 g/mol. The van der Waals surface area contributed by atoms with E-state index in [1.54, 1.807) is 0 Å². The van der Waals surface area contributed by atoms with Gasteiger partial charge in [0, 0.05) is 12.6 Å².